The molecule has 0 amide bonds. The third kappa shape index (κ3) is 6.20. The Morgan fingerprint density at radius 3 is 2.46 bits per heavy atom. The average Bonchev–Trinajstić information content (AvgIpc) is 2.53. The second kappa shape index (κ2) is 8.58. The fraction of sp³-hybridized carbons (Fsp3) is 0.647. The molecule has 0 bridgehead atoms. The monoisotopic (exact) mass is 347 g/mol. The molecule has 4 nitrogen and oxygen atoms in total. The van der Waals surface area contributed by atoms with E-state index in [1.807, 2.05) is 0 Å². The zero-order chi connectivity index (χ0) is 17.6. The van der Waals surface area contributed by atoms with Crippen LogP contribution in [0.5, 0.6) is 11.5 Å². The smallest absolute Gasteiger partial charge is 0.422 e. The summed E-state index contributed by atoms with van der Waals surface area (Å²) < 4.78 is 47.1. The molecule has 0 atom stereocenters. The Kier molecular flexibility index (Phi) is 6.74. The highest BCUT2D eigenvalue weighted by Gasteiger charge is 2.29. The van der Waals surface area contributed by atoms with Crippen LogP contribution in [-0.2, 0) is 6.54 Å². The van der Waals surface area contributed by atoms with Gasteiger partial charge in [-0.1, -0.05) is 6.07 Å². The number of hydrogen-bond donors (Lipinski definition) is 2. The first-order valence-corrected chi connectivity index (χ1v) is 8.24. The van der Waals surface area contributed by atoms with Crippen molar-refractivity contribution in [2.75, 3.05) is 13.2 Å². The SMILES string of the molecule is CCOc1cc(CNC2CCC(O)CC2)ccc1OCC(F)(F)F. The van der Waals surface area contributed by atoms with Crippen LogP contribution >= 0.6 is 0 Å². The number of benzene rings is 1. The summed E-state index contributed by atoms with van der Waals surface area (Å²) in [5, 5.41) is 12.9. The standard InChI is InChI=1S/C17H24F3NO3/c1-2-23-16-9-12(3-8-15(16)24-11-17(18,19)20)10-21-13-4-6-14(22)7-5-13/h3,8-9,13-14,21-22H,2,4-7,10-11H2,1H3. The van der Waals surface area contributed by atoms with Gasteiger partial charge in [0.05, 0.1) is 12.7 Å². The number of ether oxygens (including phenoxy) is 2. The second-order valence-electron chi connectivity index (χ2n) is 6.00. The van der Waals surface area contributed by atoms with Crippen LogP contribution in [0.4, 0.5) is 13.2 Å². The van der Waals surface area contributed by atoms with Crippen LogP contribution in [-0.4, -0.2) is 36.6 Å². The van der Waals surface area contributed by atoms with Crippen molar-refractivity contribution in [3.05, 3.63) is 23.8 Å². The van der Waals surface area contributed by atoms with Gasteiger partial charge in [-0.15, -0.1) is 0 Å². The van der Waals surface area contributed by atoms with E-state index in [1.165, 1.54) is 6.07 Å². The fourth-order valence-electron chi connectivity index (χ4n) is 2.75. The normalized spacial score (nSPS) is 21.5. The molecule has 2 N–H and O–H groups in total. The van der Waals surface area contributed by atoms with Gasteiger partial charge in [-0.2, -0.15) is 13.2 Å². The molecule has 1 aromatic carbocycles. The molecule has 0 saturated heterocycles. The number of rotatable bonds is 7. The van der Waals surface area contributed by atoms with Crippen molar-refractivity contribution in [2.24, 2.45) is 0 Å². The van der Waals surface area contributed by atoms with Crippen LogP contribution < -0.4 is 14.8 Å². The maximum Gasteiger partial charge on any atom is 0.422 e. The zero-order valence-electron chi connectivity index (χ0n) is 13.7. The van der Waals surface area contributed by atoms with Gasteiger partial charge in [0.25, 0.3) is 0 Å². The van der Waals surface area contributed by atoms with Crippen LogP contribution in [0, 0.1) is 0 Å². The Morgan fingerprint density at radius 2 is 1.83 bits per heavy atom. The first kappa shape index (κ1) is 18.9. The lowest BCUT2D eigenvalue weighted by Crippen LogP contribution is -2.34. The van der Waals surface area contributed by atoms with E-state index in [1.54, 1.807) is 19.1 Å². The Bertz CT molecular complexity index is 514. The van der Waals surface area contributed by atoms with Crippen LogP contribution in [0.2, 0.25) is 0 Å². The van der Waals surface area contributed by atoms with E-state index in [-0.39, 0.29) is 11.9 Å². The van der Waals surface area contributed by atoms with E-state index in [0.29, 0.717) is 24.9 Å². The molecule has 7 heteroatoms. The van der Waals surface area contributed by atoms with E-state index in [2.05, 4.69) is 5.32 Å². The Balaban J connectivity index is 1.94. The van der Waals surface area contributed by atoms with Crippen LogP contribution in [0.3, 0.4) is 0 Å². The van der Waals surface area contributed by atoms with E-state index < -0.39 is 12.8 Å². The molecule has 2 rings (SSSR count). The summed E-state index contributed by atoms with van der Waals surface area (Å²) in [5.74, 6) is 0.416. The number of halogens is 3. The summed E-state index contributed by atoms with van der Waals surface area (Å²) in [7, 11) is 0. The highest BCUT2D eigenvalue weighted by molar-refractivity contribution is 5.43. The summed E-state index contributed by atoms with van der Waals surface area (Å²) in [6.45, 7) is 1.38. The Hall–Kier alpha value is -1.47. The maximum atomic E-state index is 12.3. The lowest BCUT2D eigenvalue weighted by Gasteiger charge is -2.26. The van der Waals surface area contributed by atoms with Gasteiger partial charge in [0.1, 0.15) is 0 Å². The highest BCUT2D eigenvalue weighted by Crippen LogP contribution is 2.30. The summed E-state index contributed by atoms with van der Waals surface area (Å²) in [6.07, 6.45) is -1.14. The van der Waals surface area contributed by atoms with Gasteiger partial charge < -0.3 is 19.9 Å². The predicted molar refractivity (Wildman–Crippen MR) is 84.3 cm³/mol. The first-order chi connectivity index (χ1) is 11.4. The minimum Gasteiger partial charge on any atom is -0.490 e. The number of hydrogen-bond acceptors (Lipinski definition) is 4. The molecule has 0 unspecified atom stereocenters. The van der Waals surface area contributed by atoms with E-state index in [0.717, 1.165) is 31.2 Å². The largest absolute Gasteiger partial charge is 0.490 e. The number of alkyl halides is 3. The quantitative estimate of drug-likeness (QED) is 0.794. The third-order valence-electron chi connectivity index (χ3n) is 3.99. The third-order valence-corrected chi connectivity index (χ3v) is 3.99. The number of nitrogens with one attached hydrogen (secondary N) is 1. The van der Waals surface area contributed by atoms with Gasteiger partial charge in [0.2, 0.25) is 0 Å². The van der Waals surface area contributed by atoms with Crippen molar-refractivity contribution in [2.45, 2.75) is 57.5 Å². The lowest BCUT2D eigenvalue weighted by atomic mass is 9.93. The van der Waals surface area contributed by atoms with E-state index in [4.69, 9.17) is 9.47 Å². The minimum atomic E-state index is -4.38. The fourth-order valence-corrected chi connectivity index (χ4v) is 2.75. The van der Waals surface area contributed by atoms with Crippen molar-refractivity contribution in [1.82, 2.24) is 5.32 Å². The molecule has 1 aliphatic rings. The maximum absolute atomic E-state index is 12.3. The Labute approximate surface area is 140 Å². The van der Waals surface area contributed by atoms with E-state index in [9.17, 15) is 18.3 Å². The number of aliphatic hydroxyl groups excluding tert-OH is 1. The molecule has 1 aliphatic carbocycles. The van der Waals surface area contributed by atoms with Crippen molar-refractivity contribution < 1.29 is 27.8 Å². The van der Waals surface area contributed by atoms with Crippen molar-refractivity contribution >= 4 is 0 Å². The van der Waals surface area contributed by atoms with Crippen molar-refractivity contribution in [3.63, 3.8) is 0 Å². The highest BCUT2D eigenvalue weighted by atomic mass is 19.4. The molecule has 1 fully saturated rings. The van der Waals surface area contributed by atoms with Gasteiger partial charge in [-0.3, -0.25) is 0 Å². The van der Waals surface area contributed by atoms with Gasteiger partial charge >= 0.3 is 6.18 Å². The molecular formula is C17H24F3NO3. The van der Waals surface area contributed by atoms with Gasteiger partial charge in [-0.25, -0.2) is 0 Å². The summed E-state index contributed by atoms with van der Waals surface area (Å²) in [6, 6.07) is 5.31. The summed E-state index contributed by atoms with van der Waals surface area (Å²) in [5.41, 5.74) is 0.920. The van der Waals surface area contributed by atoms with Crippen LogP contribution in [0.1, 0.15) is 38.2 Å². The minimum absolute atomic E-state index is 0.0960. The summed E-state index contributed by atoms with van der Waals surface area (Å²) >= 11 is 0. The molecule has 0 aromatic heterocycles. The molecule has 136 valence electrons. The molecule has 24 heavy (non-hydrogen) atoms. The first-order valence-electron chi connectivity index (χ1n) is 8.24. The van der Waals surface area contributed by atoms with Gasteiger partial charge in [0, 0.05) is 12.6 Å². The average molecular weight is 347 g/mol. The zero-order valence-corrected chi connectivity index (χ0v) is 13.7. The van der Waals surface area contributed by atoms with E-state index >= 15 is 0 Å². The molecule has 0 radical (unpaired) electrons. The molecule has 0 heterocycles. The van der Waals surface area contributed by atoms with Crippen LogP contribution in [0.15, 0.2) is 18.2 Å². The molecule has 0 aliphatic heterocycles. The van der Waals surface area contributed by atoms with Crippen molar-refractivity contribution in [1.29, 1.82) is 0 Å². The van der Waals surface area contributed by atoms with Gasteiger partial charge in [-0.05, 0) is 50.3 Å². The van der Waals surface area contributed by atoms with Crippen molar-refractivity contribution in [3.8, 4) is 11.5 Å². The molecular weight excluding hydrogens is 323 g/mol. The Morgan fingerprint density at radius 1 is 1.12 bits per heavy atom. The molecule has 0 spiro atoms. The lowest BCUT2D eigenvalue weighted by molar-refractivity contribution is -0.153. The van der Waals surface area contributed by atoms with Crippen LogP contribution in [0.25, 0.3) is 0 Å². The predicted octanol–water partition coefficient (Wildman–Crippen LogP) is 3.42. The molecule has 1 saturated carbocycles. The molecule has 1 aromatic rings. The summed E-state index contributed by atoms with van der Waals surface area (Å²) in [4.78, 5) is 0. The second-order valence-corrected chi connectivity index (χ2v) is 6.00. The van der Waals surface area contributed by atoms with Gasteiger partial charge in [0.15, 0.2) is 18.1 Å². The topological polar surface area (TPSA) is 50.7 Å². The number of aliphatic hydroxyl groups is 1.